The molecule has 0 aromatic carbocycles. The lowest BCUT2D eigenvalue weighted by Gasteiger charge is -2.34. The van der Waals surface area contributed by atoms with Gasteiger partial charge in [0, 0.05) is 50.0 Å². The van der Waals surface area contributed by atoms with Crippen molar-refractivity contribution in [2.24, 2.45) is 0 Å². The van der Waals surface area contributed by atoms with Crippen molar-refractivity contribution >= 4 is 17.2 Å². The van der Waals surface area contributed by atoms with Crippen LogP contribution in [0.1, 0.15) is 51.4 Å². The molecule has 0 saturated carbocycles. The van der Waals surface area contributed by atoms with Crippen molar-refractivity contribution in [2.75, 3.05) is 26.2 Å². The molecule has 1 aliphatic carbocycles. The first-order valence-corrected chi connectivity index (χ1v) is 10.6. The first-order chi connectivity index (χ1) is 12.8. The van der Waals surface area contributed by atoms with Crippen LogP contribution >= 0.6 is 11.3 Å². The highest BCUT2D eigenvalue weighted by molar-refractivity contribution is 7.14. The maximum Gasteiger partial charge on any atom is 0.264 e. The fourth-order valence-corrected chi connectivity index (χ4v) is 5.18. The molecule has 4 rings (SSSR count). The Balaban J connectivity index is 1.35. The fourth-order valence-electron chi connectivity index (χ4n) is 3.96. The topological polar surface area (TPSA) is 36.4 Å². The zero-order valence-corrected chi connectivity index (χ0v) is 16.1. The summed E-state index contributed by atoms with van der Waals surface area (Å²) < 4.78 is 0. The van der Waals surface area contributed by atoms with Crippen LogP contribution < -0.4 is 0 Å². The van der Waals surface area contributed by atoms with Crippen molar-refractivity contribution in [3.05, 3.63) is 51.5 Å². The van der Waals surface area contributed by atoms with Gasteiger partial charge in [0.15, 0.2) is 0 Å². The zero-order chi connectivity index (χ0) is 17.8. The predicted molar refractivity (Wildman–Crippen MR) is 106 cm³/mol. The molecule has 1 saturated heterocycles. The second-order valence-electron chi connectivity index (χ2n) is 7.40. The number of pyridine rings is 1. The smallest absolute Gasteiger partial charge is 0.264 e. The summed E-state index contributed by atoms with van der Waals surface area (Å²) in [5, 5.41) is 0. The third-order valence-corrected chi connectivity index (χ3v) is 6.75. The van der Waals surface area contributed by atoms with E-state index in [9.17, 15) is 4.79 Å². The summed E-state index contributed by atoms with van der Waals surface area (Å²) in [5.74, 6) is 0.241. The van der Waals surface area contributed by atoms with E-state index in [1.807, 2.05) is 17.3 Å². The number of fused-ring (bicyclic) bond motifs is 1. The number of hydrogen-bond donors (Lipinski definition) is 0. The van der Waals surface area contributed by atoms with Crippen molar-refractivity contribution in [1.82, 2.24) is 14.8 Å². The van der Waals surface area contributed by atoms with Gasteiger partial charge < -0.3 is 4.90 Å². The van der Waals surface area contributed by atoms with Crippen LogP contribution in [0, 0.1) is 0 Å². The van der Waals surface area contributed by atoms with Crippen LogP contribution in [0.4, 0.5) is 0 Å². The molecule has 26 heavy (non-hydrogen) atoms. The number of hydrogen-bond acceptors (Lipinski definition) is 4. The summed E-state index contributed by atoms with van der Waals surface area (Å²) in [4.78, 5) is 23.9. The SMILES string of the molecule is O=C(c1cc2c(s1)CCCCCC2)N1CCN(Cc2ccncc2)CC1. The number of piperazine rings is 1. The molecule has 0 atom stereocenters. The Hall–Kier alpha value is -1.72. The van der Waals surface area contributed by atoms with Gasteiger partial charge in [-0.2, -0.15) is 0 Å². The number of carbonyl (C=O) groups excluding carboxylic acids is 1. The molecule has 2 aromatic heterocycles. The molecule has 1 fully saturated rings. The van der Waals surface area contributed by atoms with Gasteiger partial charge in [-0.1, -0.05) is 12.8 Å². The minimum absolute atomic E-state index is 0.241. The molecule has 0 bridgehead atoms. The van der Waals surface area contributed by atoms with E-state index in [-0.39, 0.29) is 5.91 Å². The van der Waals surface area contributed by atoms with E-state index in [1.165, 1.54) is 41.7 Å². The Morgan fingerprint density at radius 1 is 1.00 bits per heavy atom. The van der Waals surface area contributed by atoms with E-state index in [1.54, 1.807) is 11.3 Å². The monoisotopic (exact) mass is 369 g/mol. The second kappa shape index (κ2) is 8.31. The van der Waals surface area contributed by atoms with Gasteiger partial charge in [-0.25, -0.2) is 0 Å². The van der Waals surface area contributed by atoms with Crippen LogP contribution in [0.3, 0.4) is 0 Å². The Morgan fingerprint density at radius 3 is 2.50 bits per heavy atom. The van der Waals surface area contributed by atoms with Crippen molar-refractivity contribution in [2.45, 2.75) is 45.1 Å². The largest absolute Gasteiger partial charge is 0.335 e. The summed E-state index contributed by atoms with van der Waals surface area (Å²) in [6.45, 7) is 4.48. The van der Waals surface area contributed by atoms with E-state index in [0.29, 0.717) is 0 Å². The van der Waals surface area contributed by atoms with Gasteiger partial charge in [-0.15, -0.1) is 11.3 Å². The molecule has 3 heterocycles. The number of amides is 1. The molecular formula is C21H27N3OS. The fraction of sp³-hybridized carbons (Fsp3) is 0.524. The molecule has 1 aliphatic heterocycles. The van der Waals surface area contributed by atoms with Crippen LogP contribution in [0.25, 0.3) is 0 Å². The maximum atomic E-state index is 13.0. The average molecular weight is 370 g/mol. The number of nitrogens with zero attached hydrogens (tertiary/aromatic N) is 3. The highest BCUT2D eigenvalue weighted by Crippen LogP contribution is 2.29. The van der Waals surface area contributed by atoms with Gasteiger partial charge >= 0.3 is 0 Å². The van der Waals surface area contributed by atoms with Crippen LogP contribution in [0.15, 0.2) is 30.6 Å². The molecule has 2 aromatic rings. The van der Waals surface area contributed by atoms with Gasteiger partial charge in [-0.3, -0.25) is 14.7 Å². The van der Waals surface area contributed by atoms with Crippen molar-refractivity contribution in [3.63, 3.8) is 0 Å². The molecule has 0 radical (unpaired) electrons. The van der Waals surface area contributed by atoms with Crippen LogP contribution in [0.5, 0.6) is 0 Å². The van der Waals surface area contributed by atoms with E-state index in [0.717, 1.165) is 50.4 Å². The molecule has 4 nitrogen and oxygen atoms in total. The minimum atomic E-state index is 0.241. The standard InChI is InChI=1S/C21H27N3OS/c25-21(20-15-18-5-3-1-2-4-6-19(18)26-20)24-13-11-23(12-14-24)16-17-7-9-22-10-8-17/h7-10,15H,1-6,11-14,16H2. The average Bonchev–Trinajstić information content (AvgIpc) is 3.05. The number of carbonyl (C=O) groups is 1. The van der Waals surface area contributed by atoms with Gasteiger partial charge in [0.2, 0.25) is 0 Å². The summed E-state index contributed by atoms with van der Waals surface area (Å²) in [6, 6.07) is 6.33. The van der Waals surface area contributed by atoms with Crippen molar-refractivity contribution in [3.8, 4) is 0 Å². The summed E-state index contributed by atoms with van der Waals surface area (Å²) in [7, 11) is 0. The predicted octanol–water partition coefficient (Wildman–Crippen LogP) is 3.76. The zero-order valence-electron chi connectivity index (χ0n) is 15.3. The highest BCUT2D eigenvalue weighted by atomic mass is 32.1. The van der Waals surface area contributed by atoms with Crippen LogP contribution in [-0.4, -0.2) is 46.9 Å². The molecule has 138 valence electrons. The molecular weight excluding hydrogens is 342 g/mol. The minimum Gasteiger partial charge on any atom is -0.335 e. The van der Waals surface area contributed by atoms with Crippen molar-refractivity contribution in [1.29, 1.82) is 0 Å². The Bertz CT molecular complexity index is 709. The second-order valence-corrected chi connectivity index (χ2v) is 8.53. The Kier molecular flexibility index (Phi) is 5.65. The van der Waals surface area contributed by atoms with E-state index in [2.05, 4.69) is 28.1 Å². The van der Waals surface area contributed by atoms with Crippen molar-refractivity contribution < 1.29 is 4.79 Å². The van der Waals surface area contributed by atoms with Crippen LogP contribution in [0.2, 0.25) is 0 Å². The summed E-state index contributed by atoms with van der Waals surface area (Å²) in [5.41, 5.74) is 2.73. The maximum absolute atomic E-state index is 13.0. The van der Waals surface area contributed by atoms with Gasteiger partial charge in [0.1, 0.15) is 0 Å². The molecule has 0 unspecified atom stereocenters. The Labute approximate surface area is 159 Å². The normalized spacial score (nSPS) is 18.8. The molecule has 0 N–H and O–H groups in total. The lowest BCUT2D eigenvalue weighted by molar-refractivity contribution is 0.0633. The van der Waals surface area contributed by atoms with Crippen LogP contribution in [-0.2, 0) is 19.4 Å². The number of rotatable bonds is 3. The number of aromatic nitrogens is 1. The quantitative estimate of drug-likeness (QED) is 0.826. The number of aryl methyl sites for hydroxylation is 2. The Morgan fingerprint density at radius 2 is 1.73 bits per heavy atom. The third kappa shape index (κ3) is 4.15. The molecule has 5 heteroatoms. The summed E-state index contributed by atoms with van der Waals surface area (Å²) in [6.07, 6.45) is 11.2. The summed E-state index contributed by atoms with van der Waals surface area (Å²) >= 11 is 1.75. The van der Waals surface area contributed by atoms with E-state index < -0.39 is 0 Å². The highest BCUT2D eigenvalue weighted by Gasteiger charge is 2.24. The van der Waals surface area contributed by atoms with Gasteiger partial charge in [0.05, 0.1) is 4.88 Å². The molecule has 0 spiro atoms. The number of thiophene rings is 1. The lowest BCUT2D eigenvalue weighted by atomic mass is 10.00. The molecule has 2 aliphatic rings. The lowest BCUT2D eigenvalue weighted by Crippen LogP contribution is -2.48. The first kappa shape index (κ1) is 17.7. The van der Waals surface area contributed by atoms with E-state index >= 15 is 0 Å². The third-order valence-electron chi connectivity index (χ3n) is 5.52. The van der Waals surface area contributed by atoms with Gasteiger partial charge in [0.25, 0.3) is 5.91 Å². The van der Waals surface area contributed by atoms with Gasteiger partial charge in [-0.05, 0) is 55.0 Å². The first-order valence-electron chi connectivity index (χ1n) is 9.82. The van der Waals surface area contributed by atoms with E-state index in [4.69, 9.17) is 0 Å². The molecule has 1 amide bonds.